The summed E-state index contributed by atoms with van der Waals surface area (Å²) in [5.74, 6) is -1.30. The third-order valence-electron chi connectivity index (χ3n) is 2.77. The molecule has 0 aliphatic carbocycles. The van der Waals surface area contributed by atoms with E-state index in [2.05, 4.69) is 4.98 Å². The summed E-state index contributed by atoms with van der Waals surface area (Å²) in [5.41, 5.74) is 0.159. The van der Waals surface area contributed by atoms with E-state index in [4.69, 9.17) is 5.26 Å². The van der Waals surface area contributed by atoms with Crippen LogP contribution in [0.25, 0.3) is 0 Å². The van der Waals surface area contributed by atoms with Crippen LogP contribution in [0.3, 0.4) is 0 Å². The topological polar surface area (TPSA) is 91.1 Å². The van der Waals surface area contributed by atoms with Crippen LogP contribution < -0.4 is 4.90 Å². The van der Waals surface area contributed by atoms with Gasteiger partial charge in [0.25, 0.3) is 0 Å². The van der Waals surface area contributed by atoms with E-state index in [0.717, 1.165) is 0 Å². The first-order chi connectivity index (χ1) is 8.89. The molecule has 0 bridgehead atoms. The number of anilines is 1. The molecule has 100 valence electrons. The number of nitriles is 1. The van der Waals surface area contributed by atoms with Crippen LogP contribution in [-0.2, 0) is 15.0 Å². The number of amides is 1. The molecule has 1 atom stereocenters. The summed E-state index contributed by atoms with van der Waals surface area (Å²) in [7, 11) is -4.60. The van der Waals surface area contributed by atoms with Gasteiger partial charge in [-0.3, -0.25) is 9.69 Å². The van der Waals surface area contributed by atoms with Crippen LogP contribution in [0, 0.1) is 17.2 Å². The second-order valence-corrected chi connectivity index (χ2v) is 5.68. The average Bonchev–Trinajstić information content (AvgIpc) is 2.68. The molecule has 1 saturated heterocycles. The van der Waals surface area contributed by atoms with Gasteiger partial charge < -0.3 is 0 Å². The molecule has 6 nitrogen and oxygen atoms in total. The Labute approximate surface area is 109 Å². The molecular formula is C11H10FN3O3S. The van der Waals surface area contributed by atoms with Crippen LogP contribution >= 0.6 is 0 Å². The van der Waals surface area contributed by atoms with Crippen LogP contribution in [0.15, 0.2) is 18.2 Å². The van der Waals surface area contributed by atoms with E-state index in [-0.39, 0.29) is 30.4 Å². The van der Waals surface area contributed by atoms with E-state index in [9.17, 15) is 17.1 Å². The number of pyridine rings is 1. The van der Waals surface area contributed by atoms with Crippen LogP contribution in [0.1, 0.15) is 12.1 Å². The Kier molecular flexibility index (Phi) is 3.48. The van der Waals surface area contributed by atoms with E-state index in [1.165, 1.54) is 11.0 Å². The Morgan fingerprint density at radius 2 is 2.26 bits per heavy atom. The number of hydrogen-bond acceptors (Lipinski definition) is 5. The van der Waals surface area contributed by atoms with Crippen LogP contribution in [0.5, 0.6) is 0 Å². The monoisotopic (exact) mass is 283 g/mol. The number of rotatable bonds is 3. The Bertz CT molecular complexity index is 653. The summed E-state index contributed by atoms with van der Waals surface area (Å²) in [6, 6.07) is 6.47. The van der Waals surface area contributed by atoms with E-state index in [0.29, 0.717) is 0 Å². The van der Waals surface area contributed by atoms with Crippen LogP contribution in [0.4, 0.5) is 9.70 Å². The highest BCUT2D eigenvalue weighted by Crippen LogP contribution is 2.24. The fraction of sp³-hybridized carbons (Fsp3) is 0.364. The van der Waals surface area contributed by atoms with E-state index < -0.39 is 21.9 Å². The standard InChI is InChI=1S/C11H10FN3O3S/c12-19(17,18)7-8-4-11(16)15(6-8)10-3-1-2-9(5-13)14-10/h1-3,8H,4,6-7H2. The van der Waals surface area contributed by atoms with Crippen molar-refractivity contribution in [3.05, 3.63) is 23.9 Å². The van der Waals surface area contributed by atoms with Gasteiger partial charge >= 0.3 is 10.2 Å². The third kappa shape index (κ3) is 3.26. The van der Waals surface area contributed by atoms with Gasteiger partial charge in [-0.1, -0.05) is 6.07 Å². The van der Waals surface area contributed by atoms with Gasteiger partial charge in [0.2, 0.25) is 5.91 Å². The predicted molar refractivity (Wildman–Crippen MR) is 64.3 cm³/mol. The SMILES string of the molecule is N#Cc1cccc(N2CC(CS(=O)(=O)F)CC2=O)n1. The Morgan fingerprint density at radius 3 is 2.89 bits per heavy atom. The maximum absolute atomic E-state index is 12.6. The average molecular weight is 283 g/mol. The summed E-state index contributed by atoms with van der Waals surface area (Å²) in [6.45, 7) is 0.0872. The highest BCUT2D eigenvalue weighted by molar-refractivity contribution is 7.86. The number of carbonyl (C=O) groups excluding carboxylic acids is 1. The van der Waals surface area contributed by atoms with E-state index in [1.54, 1.807) is 12.1 Å². The predicted octanol–water partition coefficient (Wildman–Crippen LogP) is 0.605. The van der Waals surface area contributed by atoms with E-state index in [1.807, 2.05) is 6.07 Å². The molecule has 19 heavy (non-hydrogen) atoms. The number of hydrogen-bond donors (Lipinski definition) is 0. The number of carbonyl (C=O) groups is 1. The lowest BCUT2D eigenvalue weighted by Crippen LogP contribution is -2.26. The van der Waals surface area contributed by atoms with E-state index >= 15 is 0 Å². The Hall–Kier alpha value is -2.01. The second kappa shape index (κ2) is 4.93. The zero-order valence-electron chi connectivity index (χ0n) is 9.78. The molecule has 8 heteroatoms. The highest BCUT2D eigenvalue weighted by atomic mass is 32.3. The molecule has 0 saturated carbocycles. The number of aromatic nitrogens is 1. The van der Waals surface area contributed by atoms with Crippen molar-refractivity contribution in [2.24, 2.45) is 5.92 Å². The Balaban J connectivity index is 2.18. The fourth-order valence-corrected chi connectivity index (χ4v) is 2.82. The molecule has 1 aromatic heterocycles. The fourth-order valence-electron chi connectivity index (χ4n) is 2.03. The summed E-state index contributed by atoms with van der Waals surface area (Å²) >= 11 is 0. The summed E-state index contributed by atoms with van der Waals surface area (Å²) < 4.78 is 33.8. The minimum absolute atomic E-state index is 0.0401. The lowest BCUT2D eigenvalue weighted by molar-refractivity contribution is -0.117. The molecule has 1 aromatic rings. The summed E-state index contributed by atoms with van der Waals surface area (Å²) in [5, 5.41) is 8.73. The molecule has 0 aromatic carbocycles. The zero-order valence-corrected chi connectivity index (χ0v) is 10.6. The normalized spacial score (nSPS) is 19.5. The van der Waals surface area contributed by atoms with Gasteiger partial charge in [-0.25, -0.2) is 4.98 Å². The molecule has 0 radical (unpaired) electrons. The maximum atomic E-state index is 12.6. The number of nitrogens with zero attached hydrogens (tertiary/aromatic N) is 3. The molecule has 2 rings (SSSR count). The van der Waals surface area contributed by atoms with Crippen molar-refractivity contribution in [3.63, 3.8) is 0 Å². The molecular weight excluding hydrogens is 273 g/mol. The van der Waals surface area contributed by atoms with Crippen LogP contribution in [0.2, 0.25) is 0 Å². The zero-order chi connectivity index (χ0) is 14.0. The minimum atomic E-state index is -4.60. The molecule has 1 aliphatic heterocycles. The second-order valence-electron chi connectivity index (χ2n) is 4.27. The van der Waals surface area contributed by atoms with Gasteiger partial charge in [-0.05, 0) is 12.1 Å². The Morgan fingerprint density at radius 1 is 1.53 bits per heavy atom. The van der Waals surface area contributed by atoms with Crippen molar-refractivity contribution < 1.29 is 17.1 Å². The molecule has 0 N–H and O–H groups in total. The maximum Gasteiger partial charge on any atom is 0.302 e. The summed E-state index contributed by atoms with van der Waals surface area (Å²) in [4.78, 5) is 17.0. The first-order valence-electron chi connectivity index (χ1n) is 5.49. The van der Waals surface area contributed by atoms with Crippen molar-refractivity contribution >= 4 is 21.9 Å². The van der Waals surface area contributed by atoms with Crippen molar-refractivity contribution in [2.45, 2.75) is 6.42 Å². The first-order valence-corrected chi connectivity index (χ1v) is 7.04. The summed E-state index contributed by atoms with van der Waals surface area (Å²) in [6.07, 6.45) is -0.0401. The van der Waals surface area contributed by atoms with Crippen molar-refractivity contribution in [2.75, 3.05) is 17.2 Å². The molecule has 0 spiro atoms. The highest BCUT2D eigenvalue weighted by Gasteiger charge is 2.34. The van der Waals surface area contributed by atoms with Crippen LogP contribution in [-0.4, -0.2) is 31.6 Å². The minimum Gasteiger partial charge on any atom is -0.296 e. The molecule has 1 aliphatic rings. The van der Waals surface area contributed by atoms with Crippen molar-refractivity contribution in [1.29, 1.82) is 5.26 Å². The molecule has 1 fully saturated rings. The van der Waals surface area contributed by atoms with Gasteiger partial charge in [-0.2, -0.15) is 13.7 Å². The van der Waals surface area contributed by atoms with Gasteiger partial charge in [0.15, 0.2) is 0 Å². The largest absolute Gasteiger partial charge is 0.302 e. The van der Waals surface area contributed by atoms with Gasteiger partial charge in [0, 0.05) is 18.9 Å². The van der Waals surface area contributed by atoms with Crippen molar-refractivity contribution in [3.8, 4) is 6.07 Å². The lowest BCUT2D eigenvalue weighted by Gasteiger charge is -2.15. The molecule has 1 amide bonds. The molecule has 2 heterocycles. The quantitative estimate of drug-likeness (QED) is 0.758. The van der Waals surface area contributed by atoms with Gasteiger partial charge in [-0.15, -0.1) is 3.89 Å². The smallest absolute Gasteiger partial charge is 0.296 e. The first kappa shape index (κ1) is 13.4. The third-order valence-corrected chi connectivity index (χ3v) is 3.63. The molecule has 1 unspecified atom stereocenters. The lowest BCUT2D eigenvalue weighted by atomic mass is 10.1. The van der Waals surface area contributed by atoms with Crippen molar-refractivity contribution in [1.82, 2.24) is 4.98 Å². The number of halogens is 1. The van der Waals surface area contributed by atoms with Gasteiger partial charge in [0.05, 0.1) is 5.75 Å². The van der Waals surface area contributed by atoms with Gasteiger partial charge in [0.1, 0.15) is 17.6 Å².